The van der Waals surface area contributed by atoms with Crippen molar-refractivity contribution in [3.8, 4) is 0 Å². The predicted molar refractivity (Wildman–Crippen MR) is 60.2 cm³/mol. The minimum absolute atomic E-state index is 0.0396. The third-order valence-electron chi connectivity index (χ3n) is 3.32. The molecule has 2 amide bonds. The second kappa shape index (κ2) is 4.28. The maximum atomic E-state index is 11.8. The summed E-state index contributed by atoms with van der Waals surface area (Å²) in [5.74, 6) is -0.0506. The van der Waals surface area contributed by atoms with Gasteiger partial charge in [-0.05, 0) is 25.7 Å². The Morgan fingerprint density at radius 1 is 1.38 bits per heavy atom. The van der Waals surface area contributed by atoms with Gasteiger partial charge in [-0.15, -0.1) is 0 Å². The molecular formula is C12H18N2O2. The number of hydrogen-bond acceptors (Lipinski definition) is 2. The molecule has 0 bridgehead atoms. The molecule has 2 aliphatic rings. The highest BCUT2D eigenvalue weighted by atomic mass is 16.2. The fourth-order valence-electron chi connectivity index (χ4n) is 2.38. The van der Waals surface area contributed by atoms with Gasteiger partial charge in [0.05, 0.1) is 5.92 Å². The monoisotopic (exact) mass is 222 g/mol. The van der Waals surface area contributed by atoms with E-state index in [0.29, 0.717) is 6.54 Å². The van der Waals surface area contributed by atoms with Gasteiger partial charge in [0.25, 0.3) is 0 Å². The predicted octanol–water partition coefficient (Wildman–Crippen LogP) is 1.39. The van der Waals surface area contributed by atoms with Crippen molar-refractivity contribution in [1.29, 1.82) is 0 Å². The van der Waals surface area contributed by atoms with Crippen LogP contribution >= 0.6 is 0 Å². The number of nitrogens with one attached hydrogen (secondary N) is 1. The smallest absolute Gasteiger partial charge is 0.228 e. The summed E-state index contributed by atoms with van der Waals surface area (Å²) in [5, 5.41) is 2.96. The van der Waals surface area contributed by atoms with Crippen LogP contribution in [0.5, 0.6) is 0 Å². The molecule has 4 heteroatoms. The van der Waals surface area contributed by atoms with Gasteiger partial charge in [-0.3, -0.25) is 9.59 Å². The first-order valence-corrected chi connectivity index (χ1v) is 5.90. The van der Waals surface area contributed by atoms with E-state index in [1.807, 2.05) is 6.92 Å². The molecule has 0 spiro atoms. The molecule has 0 radical (unpaired) electrons. The van der Waals surface area contributed by atoms with Gasteiger partial charge in [0.2, 0.25) is 11.8 Å². The van der Waals surface area contributed by atoms with E-state index in [-0.39, 0.29) is 17.7 Å². The lowest BCUT2D eigenvalue weighted by Gasteiger charge is -2.27. The molecule has 1 N–H and O–H groups in total. The van der Waals surface area contributed by atoms with Crippen molar-refractivity contribution in [1.82, 2.24) is 10.2 Å². The van der Waals surface area contributed by atoms with E-state index in [2.05, 4.69) is 5.32 Å². The average Bonchev–Trinajstić information content (AvgIpc) is 2.37. The van der Waals surface area contributed by atoms with Gasteiger partial charge < -0.3 is 10.2 Å². The van der Waals surface area contributed by atoms with E-state index in [0.717, 1.165) is 37.1 Å². The zero-order chi connectivity index (χ0) is 11.7. The fourth-order valence-corrected chi connectivity index (χ4v) is 2.38. The van der Waals surface area contributed by atoms with Crippen LogP contribution in [0.15, 0.2) is 11.4 Å². The molecule has 0 aromatic rings. The summed E-state index contributed by atoms with van der Waals surface area (Å²) in [6.07, 6.45) is 3.99. The van der Waals surface area contributed by atoms with Crippen LogP contribution in [0.4, 0.5) is 0 Å². The number of carbonyl (C=O) groups excluding carboxylic acids is 2. The molecule has 0 aromatic heterocycles. The Balaban J connectivity index is 2.35. The number of carbonyl (C=O) groups is 2. The largest absolute Gasteiger partial charge is 0.328 e. The first kappa shape index (κ1) is 11.2. The lowest BCUT2D eigenvalue weighted by atomic mass is 10.0. The Morgan fingerprint density at radius 3 is 2.75 bits per heavy atom. The van der Waals surface area contributed by atoms with Crippen molar-refractivity contribution in [3.05, 3.63) is 11.4 Å². The SMILES string of the molecule is CC(=O)N1CC(C)C(=O)NC2=C1CCCC2. The van der Waals surface area contributed by atoms with Crippen LogP contribution in [0.2, 0.25) is 0 Å². The van der Waals surface area contributed by atoms with Gasteiger partial charge in [0.15, 0.2) is 0 Å². The second-order valence-corrected chi connectivity index (χ2v) is 4.65. The van der Waals surface area contributed by atoms with E-state index in [1.54, 1.807) is 11.8 Å². The molecule has 88 valence electrons. The van der Waals surface area contributed by atoms with Gasteiger partial charge in [0, 0.05) is 24.9 Å². The minimum Gasteiger partial charge on any atom is -0.328 e. The standard InChI is InChI=1S/C12H18N2O2/c1-8-7-14(9(2)15)11-6-4-3-5-10(11)13-12(8)16/h8H,3-7H2,1-2H3,(H,13,16). The van der Waals surface area contributed by atoms with Crippen molar-refractivity contribution in [2.45, 2.75) is 39.5 Å². The number of nitrogens with zero attached hydrogens (tertiary/aromatic N) is 1. The van der Waals surface area contributed by atoms with E-state index in [1.165, 1.54) is 0 Å². The van der Waals surface area contributed by atoms with Gasteiger partial charge in [-0.1, -0.05) is 6.92 Å². The third kappa shape index (κ3) is 1.96. The third-order valence-corrected chi connectivity index (χ3v) is 3.32. The van der Waals surface area contributed by atoms with Crippen molar-refractivity contribution < 1.29 is 9.59 Å². The summed E-state index contributed by atoms with van der Waals surface area (Å²) in [7, 11) is 0. The van der Waals surface area contributed by atoms with Crippen molar-refractivity contribution >= 4 is 11.8 Å². The molecule has 0 aromatic carbocycles. The Hall–Kier alpha value is -1.32. The molecule has 2 rings (SSSR count). The summed E-state index contributed by atoms with van der Waals surface area (Å²) in [6, 6.07) is 0. The number of rotatable bonds is 0. The summed E-state index contributed by atoms with van der Waals surface area (Å²) in [5.41, 5.74) is 2.01. The molecule has 1 aliphatic carbocycles. The van der Waals surface area contributed by atoms with Gasteiger partial charge in [-0.25, -0.2) is 0 Å². The quantitative estimate of drug-likeness (QED) is 0.673. The van der Waals surface area contributed by atoms with Crippen molar-refractivity contribution in [2.24, 2.45) is 5.92 Å². The number of amides is 2. The molecule has 1 atom stereocenters. The lowest BCUT2D eigenvalue weighted by molar-refractivity contribution is -0.128. The first-order valence-electron chi connectivity index (χ1n) is 5.90. The average molecular weight is 222 g/mol. The summed E-state index contributed by atoms with van der Waals surface area (Å²) < 4.78 is 0. The highest BCUT2D eigenvalue weighted by Crippen LogP contribution is 2.28. The molecule has 16 heavy (non-hydrogen) atoms. The summed E-state index contributed by atoms with van der Waals surface area (Å²) >= 11 is 0. The highest BCUT2D eigenvalue weighted by Gasteiger charge is 2.29. The molecule has 0 fully saturated rings. The van der Waals surface area contributed by atoms with E-state index < -0.39 is 0 Å². The fraction of sp³-hybridized carbons (Fsp3) is 0.667. The zero-order valence-corrected chi connectivity index (χ0v) is 9.88. The number of allylic oxidation sites excluding steroid dienone is 2. The van der Waals surface area contributed by atoms with Crippen LogP contribution < -0.4 is 5.32 Å². The van der Waals surface area contributed by atoms with Crippen LogP contribution in [0.25, 0.3) is 0 Å². The minimum atomic E-state index is -0.130. The zero-order valence-electron chi connectivity index (χ0n) is 9.88. The van der Waals surface area contributed by atoms with E-state index in [4.69, 9.17) is 0 Å². The van der Waals surface area contributed by atoms with E-state index in [9.17, 15) is 9.59 Å². The van der Waals surface area contributed by atoms with Crippen LogP contribution in [0.1, 0.15) is 39.5 Å². The summed E-state index contributed by atoms with van der Waals surface area (Å²) in [4.78, 5) is 25.1. The molecule has 1 unspecified atom stereocenters. The van der Waals surface area contributed by atoms with Gasteiger partial charge in [-0.2, -0.15) is 0 Å². The molecule has 0 saturated heterocycles. The van der Waals surface area contributed by atoms with Gasteiger partial charge >= 0.3 is 0 Å². The molecular weight excluding hydrogens is 204 g/mol. The van der Waals surface area contributed by atoms with Crippen LogP contribution in [-0.4, -0.2) is 23.3 Å². The Labute approximate surface area is 95.7 Å². The Morgan fingerprint density at radius 2 is 2.06 bits per heavy atom. The van der Waals surface area contributed by atoms with Crippen LogP contribution in [0, 0.1) is 5.92 Å². The number of hydrogen-bond donors (Lipinski definition) is 1. The van der Waals surface area contributed by atoms with Crippen LogP contribution in [0.3, 0.4) is 0 Å². The molecule has 4 nitrogen and oxygen atoms in total. The van der Waals surface area contributed by atoms with Gasteiger partial charge in [0.1, 0.15) is 0 Å². The Bertz CT molecular complexity index is 360. The molecule has 1 heterocycles. The van der Waals surface area contributed by atoms with Crippen molar-refractivity contribution in [3.63, 3.8) is 0 Å². The maximum Gasteiger partial charge on any atom is 0.228 e. The van der Waals surface area contributed by atoms with Crippen LogP contribution in [-0.2, 0) is 9.59 Å². The molecule has 1 aliphatic heterocycles. The topological polar surface area (TPSA) is 49.4 Å². The summed E-state index contributed by atoms with van der Waals surface area (Å²) in [6.45, 7) is 3.95. The van der Waals surface area contributed by atoms with E-state index >= 15 is 0 Å². The normalized spacial score (nSPS) is 26.0. The lowest BCUT2D eigenvalue weighted by Crippen LogP contribution is -2.33. The Kier molecular flexibility index (Phi) is 2.99. The molecule has 0 saturated carbocycles. The first-order chi connectivity index (χ1) is 7.59. The maximum absolute atomic E-state index is 11.8. The second-order valence-electron chi connectivity index (χ2n) is 4.65. The van der Waals surface area contributed by atoms with Crippen molar-refractivity contribution in [2.75, 3.05) is 6.54 Å². The highest BCUT2D eigenvalue weighted by molar-refractivity contribution is 5.83.